The van der Waals surface area contributed by atoms with Gasteiger partial charge in [0.15, 0.2) is 0 Å². The van der Waals surface area contributed by atoms with Gasteiger partial charge in [-0.1, -0.05) is 18.2 Å². The standard InChI is InChI=1S/C23H38N4O/c1-24-12-7-22(8-13-24)27-17-16-26(19-23(27)11-18-28)21-9-14-25(15-10-21)20-5-3-2-4-6-20/h2-6,21-23,28H,7-19H2,1H3. The molecule has 0 spiro atoms. The lowest BCUT2D eigenvalue weighted by Crippen LogP contribution is -2.61. The summed E-state index contributed by atoms with van der Waals surface area (Å²) in [5, 5.41) is 9.67. The van der Waals surface area contributed by atoms with Crippen LogP contribution in [-0.4, -0.2) is 97.4 Å². The fourth-order valence-corrected chi connectivity index (χ4v) is 5.57. The van der Waals surface area contributed by atoms with Crippen LogP contribution in [0.5, 0.6) is 0 Å². The third-order valence-electron chi connectivity index (χ3n) is 7.28. The Bertz CT molecular complexity index is 582. The minimum atomic E-state index is 0.314. The van der Waals surface area contributed by atoms with E-state index in [1.165, 1.54) is 57.5 Å². The summed E-state index contributed by atoms with van der Waals surface area (Å²) in [7, 11) is 2.24. The molecule has 0 amide bonds. The zero-order valence-corrected chi connectivity index (χ0v) is 17.5. The Labute approximate surface area is 170 Å². The summed E-state index contributed by atoms with van der Waals surface area (Å²) in [6.07, 6.45) is 6.01. The number of para-hydroxylation sites is 1. The first-order valence-electron chi connectivity index (χ1n) is 11.3. The van der Waals surface area contributed by atoms with Crippen LogP contribution in [0.2, 0.25) is 0 Å². The molecule has 1 atom stereocenters. The molecule has 3 heterocycles. The largest absolute Gasteiger partial charge is 0.396 e. The second-order valence-corrected chi connectivity index (χ2v) is 8.99. The van der Waals surface area contributed by atoms with E-state index in [0.29, 0.717) is 18.7 Å². The number of aliphatic hydroxyl groups excluding tert-OH is 1. The Balaban J connectivity index is 1.32. The Morgan fingerprint density at radius 3 is 2.21 bits per heavy atom. The van der Waals surface area contributed by atoms with Crippen LogP contribution >= 0.6 is 0 Å². The second kappa shape index (κ2) is 9.57. The third-order valence-corrected chi connectivity index (χ3v) is 7.28. The molecule has 4 rings (SSSR count). The summed E-state index contributed by atoms with van der Waals surface area (Å²) in [6.45, 7) is 8.59. The maximum absolute atomic E-state index is 9.67. The summed E-state index contributed by atoms with van der Waals surface area (Å²) < 4.78 is 0. The van der Waals surface area contributed by atoms with Gasteiger partial charge in [0.05, 0.1) is 0 Å². The number of benzene rings is 1. The van der Waals surface area contributed by atoms with Crippen LogP contribution < -0.4 is 4.90 Å². The molecule has 0 saturated carbocycles. The zero-order chi connectivity index (χ0) is 19.3. The maximum Gasteiger partial charge on any atom is 0.0446 e. The van der Waals surface area contributed by atoms with Gasteiger partial charge < -0.3 is 14.9 Å². The van der Waals surface area contributed by atoms with Crippen LogP contribution in [0.15, 0.2) is 30.3 Å². The predicted octanol–water partition coefficient (Wildman–Crippen LogP) is 2.12. The van der Waals surface area contributed by atoms with Crippen molar-refractivity contribution in [3.63, 3.8) is 0 Å². The van der Waals surface area contributed by atoms with Crippen molar-refractivity contribution in [2.75, 3.05) is 64.4 Å². The van der Waals surface area contributed by atoms with E-state index in [1.807, 2.05) is 0 Å². The van der Waals surface area contributed by atoms with Crippen molar-refractivity contribution < 1.29 is 5.11 Å². The van der Waals surface area contributed by atoms with Crippen molar-refractivity contribution in [3.8, 4) is 0 Å². The maximum atomic E-state index is 9.67. The van der Waals surface area contributed by atoms with E-state index in [-0.39, 0.29) is 0 Å². The van der Waals surface area contributed by atoms with E-state index < -0.39 is 0 Å². The molecular formula is C23H38N4O. The second-order valence-electron chi connectivity index (χ2n) is 8.99. The number of piperidine rings is 2. The molecule has 1 aromatic carbocycles. The van der Waals surface area contributed by atoms with Gasteiger partial charge in [-0.25, -0.2) is 0 Å². The Morgan fingerprint density at radius 2 is 1.54 bits per heavy atom. The molecule has 28 heavy (non-hydrogen) atoms. The molecule has 3 aliphatic heterocycles. The van der Waals surface area contributed by atoms with Crippen LogP contribution in [0, 0.1) is 0 Å². The Morgan fingerprint density at radius 1 is 0.857 bits per heavy atom. The number of nitrogens with zero attached hydrogens (tertiary/aromatic N) is 4. The fraction of sp³-hybridized carbons (Fsp3) is 0.739. The first-order valence-corrected chi connectivity index (χ1v) is 11.3. The minimum absolute atomic E-state index is 0.314. The zero-order valence-electron chi connectivity index (χ0n) is 17.5. The molecule has 1 aromatic rings. The number of hydrogen-bond acceptors (Lipinski definition) is 5. The fourth-order valence-electron chi connectivity index (χ4n) is 5.57. The van der Waals surface area contributed by atoms with Gasteiger partial charge in [-0.15, -0.1) is 0 Å². The molecule has 0 aliphatic carbocycles. The molecule has 5 nitrogen and oxygen atoms in total. The van der Waals surface area contributed by atoms with E-state index in [0.717, 1.165) is 32.1 Å². The van der Waals surface area contributed by atoms with Crippen LogP contribution in [-0.2, 0) is 0 Å². The van der Waals surface area contributed by atoms with Crippen LogP contribution in [0.1, 0.15) is 32.1 Å². The number of rotatable bonds is 5. The highest BCUT2D eigenvalue weighted by Crippen LogP contribution is 2.27. The van der Waals surface area contributed by atoms with Gasteiger partial charge in [0.2, 0.25) is 0 Å². The molecule has 0 aromatic heterocycles. The van der Waals surface area contributed by atoms with Gasteiger partial charge in [0.1, 0.15) is 0 Å². The Kier molecular flexibility index (Phi) is 6.89. The van der Waals surface area contributed by atoms with Gasteiger partial charge >= 0.3 is 0 Å². The average molecular weight is 387 g/mol. The summed E-state index contributed by atoms with van der Waals surface area (Å²) in [5.74, 6) is 0. The molecule has 5 heteroatoms. The highest BCUT2D eigenvalue weighted by atomic mass is 16.3. The van der Waals surface area contributed by atoms with Gasteiger partial charge in [0, 0.05) is 63.1 Å². The first kappa shape index (κ1) is 20.1. The summed E-state index contributed by atoms with van der Waals surface area (Å²) >= 11 is 0. The smallest absolute Gasteiger partial charge is 0.0446 e. The molecule has 0 radical (unpaired) electrons. The van der Waals surface area contributed by atoms with Crippen molar-refractivity contribution in [2.24, 2.45) is 0 Å². The first-order chi connectivity index (χ1) is 13.7. The minimum Gasteiger partial charge on any atom is -0.396 e. The highest BCUT2D eigenvalue weighted by molar-refractivity contribution is 5.46. The van der Waals surface area contributed by atoms with Gasteiger partial charge in [-0.05, 0) is 64.4 Å². The third kappa shape index (κ3) is 4.70. The van der Waals surface area contributed by atoms with E-state index in [4.69, 9.17) is 0 Å². The van der Waals surface area contributed by atoms with Crippen LogP contribution in [0.3, 0.4) is 0 Å². The van der Waals surface area contributed by atoms with Crippen molar-refractivity contribution in [1.82, 2.24) is 14.7 Å². The predicted molar refractivity (Wildman–Crippen MR) is 116 cm³/mol. The lowest BCUT2D eigenvalue weighted by Gasteiger charge is -2.50. The van der Waals surface area contributed by atoms with Crippen molar-refractivity contribution in [1.29, 1.82) is 0 Å². The summed E-state index contributed by atoms with van der Waals surface area (Å²) in [5.41, 5.74) is 1.37. The highest BCUT2D eigenvalue weighted by Gasteiger charge is 2.36. The normalized spacial score (nSPS) is 27.4. The summed E-state index contributed by atoms with van der Waals surface area (Å²) in [4.78, 5) is 10.5. The molecule has 3 saturated heterocycles. The summed E-state index contributed by atoms with van der Waals surface area (Å²) in [6, 6.07) is 12.8. The van der Waals surface area contributed by atoms with Crippen molar-refractivity contribution in [3.05, 3.63) is 30.3 Å². The van der Waals surface area contributed by atoms with E-state index in [9.17, 15) is 5.11 Å². The average Bonchev–Trinajstić information content (AvgIpc) is 2.75. The molecule has 3 fully saturated rings. The van der Waals surface area contributed by atoms with Crippen molar-refractivity contribution in [2.45, 2.75) is 50.2 Å². The number of piperazine rings is 1. The molecule has 1 unspecified atom stereocenters. The van der Waals surface area contributed by atoms with Gasteiger partial charge in [0.25, 0.3) is 0 Å². The molecule has 3 aliphatic rings. The quantitative estimate of drug-likeness (QED) is 0.838. The van der Waals surface area contributed by atoms with Crippen molar-refractivity contribution >= 4 is 5.69 Å². The number of hydrogen-bond donors (Lipinski definition) is 1. The number of likely N-dealkylation sites (tertiary alicyclic amines) is 1. The topological polar surface area (TPSA) is 33.2 Å². The van der Waals surface area contributed by atoms with E-state index in [1.54, 1.807) is 0 Å². The van der Waals surface area contributed by atoms with E-state index >= 15 is 0 Å². The lowest BCUT2D eigenvalue weighted by molar-refractivity contribution is -0.00936. The molecule has 1 N–H and O–H groups in total. The van der Waals surface area contributed by atoms with Gasteiger partial charge in [-0.2, -0.15) is 0 Å². The monoisotopic (exact) mass is 386 g/mol. The Hall–Kier alpha value is -1.14. The van der Waals surface area contributed by atoms with Gasteiger partial charge in [-0.3, -0.25) is 9.80 Å². The molecule has 0 bridgehead atoms. The molecular weight excluding hydrogens is 348 g/mol. The lowest BCUT2D eigenvalue weighted by atomic mass is 9.95. The van der Waals surface area contributed by atoms with Crippen LogP contribution in [0.25, 0.3) is 0 Å². The SMILES string of the molecule is CN1CCC(N2CCN(C3CCN(c4ccccc4)CC3)CC2CCO)CC1. The van der Waals surface area contributed by atoms with Crippen LogP contribution in [0.4, 0.5) is 5.69 Å². The van der Waals surface area contributed by atoms with E-state index in [2.05, 4.69) is 57.0 Å². The number of aliphatic hydroxyl groups is 1. The molecule has 156 valence electrons. The number of anilines is 1.